The molecule has 0 bridgehead atoms. The van der Waals surface area contributed by atoms with Gasteiger partial charge in [0.2, 0.25) is 0 Å². The van der Waals surface area contributed by atoms with Crippen molar-refractivity contribution in [3.63, 3.8) is 0 Å². The number of rotatable bonds is 5. The van der Waals surface area contributed by atoms with Gasteiger partial charge in [-0.3, -0.25) is 0 Å². The van der Waals surface area contributed by atoms with E-state index in [1.165, 1.54) is 85.5 Å². The molecule has 252 valence electrons. The van der Waals surface area contributed by atoms with E-state index in [2.05, 4.69) is 205 Å². The Morgan fingerprint density at radius 1 is 0.315 bits per heavy atom. The van der Waals surface area contributed by atoms with Crippen molar-refractivity contribution in [2.24, 2.45) is 0 Å². The molecule has 0 saturated carbocycles. The van der Waals surface area contributed by atoms with Gasteiger partial charge < -0.3 is 4.90 Å². The first-order valence-corrected chi connectivity index (χ1v) is 19.3. The molecule has 0 aliphatic rings. The van der Waals surface area contributed by atoms with Gasteiger partial charge in [-0.2, -0.15) is 0 Å². The van der Waals surface area contributed by atoms with E-state index in [4.69, 9.17) is 0 Å². The zero-order chi connectivity index (χ0) is 35.6. The van der Waals surface area contributed by atoms with Crippen LogP contribution >= 0.6 is 11.3 Å². The summed E-state index contributed by atoms with van der Waals surface area (Å²) in [5, 5.41) is 12.7. The number of thiophene rings is 1. The Balaban J connectivity index is 1.06. The molecule has 11 rings (SSSR count). The van der Waals surface area contributed by atoms with Gasteiger partial charge in [0.1, 0.15) is 0 Å². The third-order valence-corrected chi connectivity index (χ3v) is 12.3. The third kappa shape index (κ3) is 4.99. The summed E-state index contributed by atoms with van der Waals surface area (Å²) in [5.41, 5.74) is 8.30. The fraction of sp³-hybridized carbons (Fsp3) is 0. The van der Waals surface area contributed by atoms with Gasteiger partial charge in [-0.25, -0.2) is 0 Å². The molecule has 1 nitrogen and oxygen atoms in total. The smallest absolute Gasteiger partial charge is 0.0546 e. The molecule has 11 aromatic rings. The Labute approximate surface area is 317 Å². The summed E-state index contributed by atoms with van der Waals surface area (Å²) in [7, 11) is 0. The first kappa shape index (κ1) is 30.8. The molecule has 10 aromatic carbocycles. The minimum atomic E-state index is 1.12. The van der Waals surface area contributed by atoms with E-state index in [9.17, 15) is 0 Å². The predicted octanol–water partition coefficient (Wildman–Crippen LogP) is 15.5. The van der Waals surface area contributed by atoms with Crippen LogP contribution in [0.25, 0.3) is 85.5 Å². The van der Waals surface area contributed by atoms with Crippen LogP contribution in [0.5, 0.6) is 0 Å². The molecule has 1 heterocycles. The second-order valence-corrected chi connectivity index (χ2v) is 15.1. The van der Waals surface area contributed by atoms with E-state index in [0.29, 0.717) is 0 Å². The minimum absolute atomic E-state index is 1.12. The summed E-state index contributed by atoms with van der Waals surface area (Å²) < 4.78 is 2.66. The van der Waals surface area contributed by atoms with Crippen LogP contribution in [0.2, 0.25) is 0 Å². The maximum Gasteiger partial charge on any atom is 0.0546 e. The summed E-state index contributed by atoms with van der Waals surface area (Å²) in [4.78, 5) is 2.43. The van der Waals surface area contributed by atoms with Gasteiger partial charge in [0.15, 0.2) is 0 Å². The second-order valence-electron chi connectivity index (χ2n) is 14.1. The summed E-state index contributed by atoms with van der Waals surface area (Å²) in [6.07, 6.45) is 0. The zero-order valence-electron chi connectivity index (χ0n) is 29.4. The number of hydrogen-bond acceptors (Lipinski definition) is 2. The Hall–Kier alpha value is -6.74. The first-order chi connectivity index (χ1) is 26.8. The SMILES string of the molecule is c1ccc2c(c1)ccc1ccc(-c3ccc(N(c4ccc(-c5cccc6c5sc5ccccc56)cc4)c4cc5ccccc5c5ccccc45)cc3)cc12. The van der Waals surface area contributed by atoms with E-state index in [0.717, 1.165) is 17.1 Å². The van der Waals surface area contributed by atoms with Crippen molar-refractivity contribution in [3.8, 4) is 22.3 Å². The lowest BCUT2D eigenvalue weighted by Gasteiger charge is -2.28. The quantitative estimate of drug-likeness (QED) is 0.161. The van der Waals surface area contributed by atoms with Crippen molar-refractivity contribution in [1.82, 2.24) is 0 Å². The van der Waals surface area contributed by atoms with Crippen LogP contribution in [0.15, 0.2) is 200 Å². The topological polar surface area (TPSA) is 3.24 Å². The molecule has 2 heteroatoms. The lowest BCUT2D eigenvalue weighted by molar-refractivity contribution is 1.30. The van der Waals surface area contributed by atoms with Crippen LogP contribution in [-0.4, -0.2) is 0 Å². The van der Waals surface area contributed by atoms with Crippen LogP contribution in [0.4, 0.5) is 17.1 Å². The Morgan fingerprint density at radius 2 is 0.852 bits per heavy atom. The highest BCUT2D eigenvalue weighted by atomic mass is 32.1. The van der Waals surface area contributed by atoms with Crippen molar-refractivity contribution < 1.29 is 0 Å². The summed E-state index contributed by atoms with van der Waals surface area (Å²) >= 11 is 1.88. The van der Waals surface area contributed by atoms with Gasteiger partial charge in [0, 0.05) is 36.9 Å². The first-order valence-electron chi connectivity index (χ1n) is 18.5. The van der Waals surface area contributed by atoms with Gasteiger partial charge >= 0.3 is 0 Å². The number of nitrogens with zero attached hydrogens (tertiary/aromatic N) is 1. The Kier molecular flexibility index (Phi) is 7.11. The van der Waals surface area contributed by atoms with Crippen LogP contribution in [-0.2, 0) is 0 Å². The van der Waals surface area contributed by atoms with Gasteiger partial charge in [0.25, 0.3) is 0 Å². The van der Waals surface area contributed by atoms with E-state index >= 15 is 0 Å². The maximum absolute atomic E-state index is 2.43. The lowest BCUT2D eigenvalue weighted by atomic mass is 9.96. The molecule has 0 atom stereocenters. The van der Waals surface area contributed by atoms with Crippen molar-refractivity contribution in [2.75, 3.05) is 4.90 Å². The number of fused-ring (bicyclic) bond motifs is 9. The molecule has 0 amide bonds. The average molecular weight is 704 g/mol. The molecule has 0 aliphatic heterocycles. The molecule has 0 radical (unpaired) electrons. The standard InChI is InChI=1S/C52H33NS/c1-3-12-42-35(10-1)20-21-37-22-23-38(32-49(37)42)34-24-28-40(29-25-34)53(50-33-39-11-2-4-13-43(39)45-14-5-6-15-46(45)50)41-30-26-36(27-31-41)44-17-9-18-48-47-16-7-8-19-51(47)54-52(44)48/h1-33H. The lowest BCUT2D eigenvalue weighted by Crippen LogP contribution is -2.10. The molecule has 0 saturated heterocycles. The molecule has 54 heavy (non-hydrogen) atoms. The molecule has 0 N–H and O–H groups in total. The highest BCUT2D eigenvalue weighted by Gasteiger charge is 2.18. The van der Waals surface area contributed by atoms with Crippen molar-refractivity contribution in [2.45, 2.75) is 0 Å². The number of benzene rings is 10. The third-order valence-electron chi connectivity index (χ3n) is 11.0. The molecule has 0 fully saturated rings. The van der Waals surface area contributed by atoms with Crippen LogP contribution in [0, 0.1) is 0 Å². The predicted molar refractivity (Wildman–Crippen MR) is 235 cm³/mol. The largest absolute Gasteiger partial charge is 0.310 e. The molecular weight excluding hydrogens is 671 g/mol. The van der Waals surface area contributed by atoms with E-state index < -0.39 is 0 Å². The molecular formula is C52H33NS. The summed E-state index contributed by atoms with van der Waals surface area (Å²) in [5.74, 6) is 0. The molecule has 0 aliphatic carbocycles. The Bertz CT molecular complexity index is 3210. The van der Waals surface area contributed by atoms with Crippen molar-refractivity contribution in [3.05, 3.63) is 200 Å². The molecule has 1 aromatic heterocycles. The van der Waals surface area contributed by atoms with Crippen LogP contribution < -0.4 is 4.90 Å². The van der Waals surface area contributed by atoms with Crippen molar-refractivity contribution >= 4 is 91.7 Å². The fourth-order valence-electron chi connectivity index (χ4n) is 8.40. The van der Waals surface area contributed by atoms with E-state index in [1.807, 2.05) is 11.3 Å². The molecule has 0 spiro atoms. The minimum Gasteiger partial charge on any atom is -0.310 e. The monoisotopic (exact) mass is 703 g/mol. The van der Waals surface area contributed by atoms with Gasteiger partial charge in [0.05, 0.1) is 5.69 Å². The maximum atomic E-state index is 2.43. The molecule has 0 unspecified atom stereocenters. The number of hydrogen-bond donors (Lipinski definition) is 0. The zero-order valence-corrected chi connectivity index (χ0v) is 30.2. The van der Waals surface area contributed by atoms with E-state index in [1.54, 1.807) is 0 Å². The highest BCUT2D eigenvalue weighted by molar-refractivity contribution is 7.26. The van der Waals surface area contributed by atoms with Crippen molar-refractivity contribution in [1.29, 1.82) is 0 Å². The van der Waals surface area contributed by atoms with Crippen LogP contribution in [0.1, 0.15) is 0 Å². The number of anilines is 3. The second kappa shape index (κ2) is 12.4. The highest BCUT2D eigenvalue weighted by Crippen LogP contribution is 2.44. The summed E-state index contributed by atoms with van der Waals surface area (Å²) in [6, 6.07) is 73.5. The Morgan fingerprint density at radius 3 is 1.61 bits per heavy atom. The van der Waals surface area contributed by atoms with Gasteiger partial charge in [-0.15, -0.1) is 11.3 Å². The summed E-state index contributed by atoms with van der Waals surface area (Å²) in [6.45, 7) is 0. The normalized spacial score (nSPS) is 11.7. The van der Waals surface area contributed by atoms with Gasteiger partial charge in [-0.05, 0) is 102 Å². The van der Waals surface area contributed by atoms with E-state index in [-0.39, 0.29) is 0 Å². The average Bonchev–Trinajstić information content (AvgIpc) is 3.63. The van der Waals surface area contributed by atoms with Gasteiger partial charge in [-0.1, -0.05) is 158 Å². The van der Waals surface area contributed by atoms with Crippen LogP contribution in [0.3, 0.4) is 0 Å². The fourth-order valence-corrected chi connectivity index (χ4v) is 9.63.